The van der Waals surface area contributed by atoms with Crippen molar-refractivity contribution in [1.29, 1.82) is 0 Å². The Morgan fingerprint density at radius 3 is 2.47 bits per heavy atom. The first-order valence-electron chi connectivity index (χ1n) is 4.51. The maximum absolute atomic E-state index is 11.3. The van der Waals surface area contributed by atoms with Gasteiger partial charge in [0.15, 0.2) is 0 Å². The maximum atomic E-state index is 11.3. The highest BCUT2D eigenvalue weighted by Crippen LogP contribution is 2.28. The van der Waals surface area contributed by atoms with Gasteiger partial charge < -0.3 is 0 Å². The van der Waals surface area contributed by atoms with E-state index < -0.39 is 14.0 Å². The van der Waals surface area contributed by atoms with Crippen LogP contribution in [0, 0.1) is 10.1 Å². The number of halogens is 1. The number of hydrogen-bond acceptors (Lipinski definition) is 4. The third-order valence-corrected chi connectivity index (χ3v) is 3.68. The summed E-state index contributed by atoms with van der Waals surface area (Å²) in [6.45, 7) is 0. The number of fused-ring (bicyclic) bond motifs is 1. The molecule has 0 saturated heterocycles. The van der Waals surface area contributed by atoms with Gasteiger partial charge >= 0.3 is 0 Å². The summed E-state index contributed by atoms with van der Waals surface area (Å²) in [5.41, 5.74) is -0.0957. The van der Waals surface area contributed by atoms with Crippen molar-refractivity contribution in [2.45, 2.75) is 4.90 Å². The van der Waals surface area contributed by atoms with Crippen molar-refractivity contribution >= 4 is 36.2 Å². The average molecular weight is 272 g/mol. The van der Waals surface area contributed by atoms with E-state index in [0.29, 0.717) is 10.8 Å². The number of nitro groups is 1. The van der Waals surface area contributed by atoms with Crippen LogP contribution in [0.2, 0.25) is 0 Å². The molecule has 0 fully saturated rings. The lowest BCUT2D eigenvalue weighted by molar-refractivity contribution is -0.384. The van der Waals surface area contributed by atoms with Gasteiger partial charge in [0.2, 0.25) is 0 Å². The summed E-state index contributed by atoms with van der Waals surface area (Å²) in [5, 5.41) is 11.4. The summed E-state index contributed by atoms with van der Waals surface area (Å²) < 4.78 is 22.6. The molecule has 0 spiro atoms. The number of nitro benzene ring substituents is 1. The normalized spacial score (nSPS) is 11.6. The average Bonchev–Trinajstić information content (AvgIpc) is 2.26. The van der Waals surface area contributed by atoms with Crippen LogP contribution in [0.1, 0.15) is 0 Å². The molecule has 0 aromatic heterocycles. The Morgan fingerprint density at radius 2 is 1.88 bits per heavy atom. The van der Waals surface area contributed by atoms with E-state index >= 15 is 0 Å². The standard InChI is InChI=1S/C10H6ClNO4S/c11-17(15,16)10-3-1-2-7-6-8(12(13)14)4-5-9(7)10/h1-6H. The van der Waals surface area contributed by atoms with Crippen LogP contribution in [0.25, 0.3) is 10.8 Å². The van der Waals surface area contributed by atoms with E-state index in [0.717, 1.165) is 0 Å². The van der Waals surface area contributed by atoms with Gasteiger partial charge in [-0.15, -0.1) is 0 Å². The minimum absolute atomic E-state index is 0.0495. The number of nitrogens with zero attached hydrogens (tertiary/aromatic N) is 1. The Labute approximate surface area is 101 Å². The Balaban J connectivity index is 2.81. The molecule has 2 rings (SSSR count). The molecule has 0 aliphatic carbocycles. The van der Waals surface area contributed by atoms with Crippen molar-refractivity contribution in [2.75, 3.05) is 0 Å². The van der Waals surface area contributed by atoms with Crippen LogP contribution in [-0.2, 0) is 9.05 Å². The first kappa shape index (κ1) is 11.8. The second-order valence-electron chi connectivity index (χ2n) is 3.36. The van der Waals surface area contributed by atoms with E-state index in [1.54, 1.807) is 6.07 Å². The van der Waals surface area contributed by atoms with Crippen LogP contribution >= 0.6 is 10.7 Å². The van der Waals surface area contributed by atoms with Crippen molar-refractivity contribution in [2.24, 2.45) is 0 Å². The predicted octanol–water partition coefficient (Wildman–Crippen LogP) is 2.68. The topological polar surface area (TPSA) is 77.3 Å². The second kappa shape index (κ2) is 3.97. The van der Waals surface area contributed by atoms with Gasteiger partial charge in [-0.25, -0.2) is 8.42 Å². The summed E-state index contributed by atoms with van der Waals surface area (Å²) in [6, 6.07) is 8.36. The highest BCUT2D eigenvalue weighted by Gasteiger charge is 2.15. The van der Waals surface area contributed by atoms with Crippen molar-refractivity contribution < 1.29 is 13.3 Å². The first-order valence-corrected chi connectivity index (χ1v) is 6.82. The molecule has 0 radical (unpaired) electrons. The number of benzene rings is 2. The molecular weight excluding hydrogens is 266 g/mol. The number of hydrogen-bond donors (Lipinski definition) is 0. The zero-order chi connectivity index (χ0) is 12.6. The fraction of sp³-hybridized carbons (Fsp3) is 0. The van der Waals surface area contributed by atoms with Gasteiger partial charge in [-0.2, -0.15) is 0 Å². The molecule has 0 N–H and O–H groups in total. The van der Waals surface area contributed by atoms with Crippen molar-refractivity contribution in [1.82, 2.24) is 0 Å². The smallest absolute Gasteiger partial charge is 0.258 e. The molecule has 0 heterocycles. The molecule has 17 heavy (non-hydrogen) atoms. The van der Waals surface area contributed by atoms with Gasteiger partial charge in [0.25, 0.3) is 14.7 Å². The highest BCUT2D eigenvalue weighted by molar-refractivity contribution is 8.14. The van der Waals surface area contributed by atoms with Crippen molar-refractivity contribution in [3.8, 4) is 0 Å². The lowest BCUT2D eigenvalue weighted by atomic mass is 10.1. The lowest BCUT2D eigenvalue weighted by Gasteiger charge is -2.02. The summed E-state index contributed by atoms with van der Waals surface area (Å²) in [4.78, 5) is 10.00. The molecule has 2 aromatic rings. The van der Waals surface area contributed by atoms with Gasteiger partial charge in [0, 0.05) is 28.2 Å². The Hall–Kier alpha value is -1.66. The Kier molecular flexibility index (Phi) is 2.76. The lowest BCUT2D eigenvalue weighted by Crippen LogP contribution is -1.93. The molecule has 5 nitrogen and oxygen atoms in total. The van der Waals surface area contributed by atoms with Crippen LogP contribution in [0.5, 0.6) is 0 Å². The van der Waals surface area contributed by atoms with E-state index in [4.69, 9.17) is 10.7 Å². The van der Waals surface area contributed by atoms with Crippen LogP contribution < -0.4 is 0 Å². The monoisotopic (exact) mass is 271 g/mol. The minimum atomic E-state index is -3.86. The zero-order valence-corrected chi connectivity index (χ0v) is 9.90. The van der Waals surface area contributed by atoms with Gasteiger partial charge in [-0.1, -0.05) is 12.1 Å². The molecule has 0 amide bonds. The maximum Gasteiger partial charge on any atom is 0.270 e. The van der Waals surface area contributed by atoms with Crippen LogP contribution in [-0.4, -0.2) is 13.3 Å². The van der Waals surface area contributed by atoms with Gasteiger partial charge in [-0.05, 0) is 17.5 Å². The molecule has 88 valence electrons. The molecule has 7 heteroatoms. The van der Waals surface area contributed by atoms with Crippen molar-refractivity contribution in [3.63, 3.8) is 0 Å². The van der Waals surface area contributed by atoms with Crippen LogP contribution in [0.15, 0.2) is 41.3 Å². The van der Waals surface area contributed by atoms with E-state index in [1.807, 2.05) is 0 Å². The molecule has 0 bridgehead atoms. The molecular formula is C10H6ClNO4S. The summed E-state index contributed by atoms with van der Waals surface area (Å²) in [7, 11) is 1.42. The van der Waals surface area contributed by atoms with Crippen molar-refractivity contribution in [3.05, 3.63) is 46.5 Å². The Morgan fingerprint density at radius 1 is 1.18 bits per heavy atom. The third kappa shape index (κ3) is 2.22. The fourth-order valence-electron chi connectivity index (χ4n) is 1.57. The highest BCUT2D eigenvalue weighted by atomic mass is 35.7. The molecule has 0 aliphatic rings. The van der Waals surface area contributed by atoms with E-state index in [9.17, 15) is 18.5 Å². The van der Waals surface area contributed by atoms with E-state index in [1.165, 1.54) is 30.3 Å². The second-order valence-corrected chi connectivity index (χ2v) is 5.89. The number of non-ortho nitro benzene ring substituents is 1. The minimum Gasteiger partial charge on any atom is -0.258 e. The quantitative estimate of drug-likeness (QED) is 0.478. The van der Waals surface area contributed by atoms with Gasteiger partial charge in [0.1, 0.15) is 0 Å². The van der Waals surface area contributed by atoms with E-state index in [-0.39, 0.29) is 10.6 Å². The van der Waals surface area contributed by atoms with E-state index in [2.05, 4.69) is 0 Å². The predicted molar refractivity (Wildman–Crippen MR) is 63.6 cm³/mol. The molecule has 0 atom stereocenters. The molecule has 0 aliphatic heterocycles. The summed E-state index contributed by atoms with van der Waals surface area (Å²) in [6.07, 6.45) is 0. The zero-order valence-electron chi connectivity index (χ0n) is 8.33. The SMILES string of the molecule is O=[N+]([O-])c1ccc2c(S(=O)(=O)Cl)cccc2c1. The summed E-state index contributed by atoms with van der Waals surface area (Å²) in [5.74, 6) is 0. The third-order valence-electron chi connectivity index (χ3n) is 2.30. The van der Waals surface area contributed by atoms with Gasteiger partial charge in [0.05, 0.1) is 9.82 Å². The largest absolute Gasteiger partial charge is 0.270 e. The molecule has 0 saturated carbocycles. The molecule has 0 unspecified atom stereocenters. The van der Waals surface area contributed by atoms with Gasteiger partial charge in [-0.3, -0.25) is 10.1 Å². The first-order chi connectivity index (χ1) is 7.89. The van der Waals surface area contributed by atoms with Crippen LogP contribution in [0.4, 0.5) is 5.69 Å². The van der Waals surface area contributed by atoms with Crippen LogP contribution in [0.3, 0.4) is 0 Å². The molecule has 2 aromatic carbocycles. The summed E-state index contributed by atoms with van der Waals surface area (Å²) >= 11 is 0. The Bertz CT molecular complexity index is 711. The number of rotatable bonds is 2. The fourth-order valence-corrected chi connectivity index (χ4v) is 2.66.